The standard InChI is InChI=1S/C27H28N4O/c1-18(26-24-16-22(28)8-11-25(24)30-27(26)32)29-23-9-6-19(7-10-23)17-31-14-12-20-4-2-3-5-21(20)13-15-31/h2-4,6-11,13,16,29H,5,12,14-15,17,28H2,1H3,(H,30,32)/b26-18-. The second-order valence-corrected chi connectivity index (χ2v) is 8.62. The first-order chi connectivity index (χ1) is 15.6. The number of rotatable bonds is 4. The molecule has 3 aliphatic rings. The number of nitrogens with two attached hydrogens (primary N) is 1. The molecule has 2 aromatic rings. The molecule has 0 saturated heterocycles. The van der Waals surface area contributed by atoms with E-state index in [0.29, 0.717) is 11.3 Å². The molecule has 0 unspecified atom stereocenters. The van der Waals surface area contributed by atoms with Crippen molar-refractivity contribution < 1.29 is 4.79 Å². The first-order valence-electron chi connectivity index (χ1n) is 11.1. The van der Waals surface area contributed by atoms with E-state index in [1.165, 1.54) is 16.7 Å². The van der Waals surface area contributed by atoms with E-state index in [1.54, 1.807) is 6.07 Å². The number of fused-ring (bicyclic) bond motifs is 2. The molecular formula is C27H28N4O. The van der Waals surface area contributed by atoms with Crippen LogP contribution in [0.2, 0.25) is 0 Å². The Hall–Kier alpha value is -3.57. The van der Waals surface area contributed by atoms with Crippen LogP contribution in [0.1, 0.15) is 30.9 Å². The highest BCUT2D eigenvalue weighted by Gasteiger charge is 2.26. The number of nitrogens with one attached hydrogen (secondary N) is 2. The summed E-state index contributed by atoms with van der Waals surface area (Å²) in [5.74, 6) is -0.103. The van der Waals surface area contributed by atoms with Gasteiger partial charge in [-0.3, -0.25) is 9.69 Å². The summed E-state index contributed by atoms with van der Waals surface area (Å²) in [5, 5.41) is 6.30. The van der Waals surface area contributed by atoms with E-state index in [4.69, 9.17) is 5.73 Å². The van der Waals surface area contributed by atoms with Gasteiger partial charge in [0.25, 0.3) is 5.91 Å². The summed E-state index contributed by atoms with van der Waals surface area (Å²) in [6.07, 6.45) is 11.2. The Balaban J connectivity index is 1.27. The Kier molecular flexibility index (Phi) is 5.41. The molecule has 2 aliphatic heterocycles. The van der Waals surface area contributed by atoms with Crippen molar-refractivity contribution in [1.82, 2.24) is 4.90 Å². The maximum absolute atomic E-state index is 12.5. The number of benzene rings is 2. The third-order valence-electron chi connectivity index (χ3n) is 6.33. The molecule has 32 heavy (non-hydrogen) atoms. The van der Waals surface area contributed by atoms with Crippen molar-refractivity contribution in [2.75, 3.05) is 29.5 Å². The molecular weight excluding hydrogens is 396 g/mol. The van der Waals surface area contributed by atoms with Crippen LogP contribution in [-0.2, 0) is 11.3 Å². The number of allylic oxidation sites excluding steroid dienone is 5. The highest BCUT2D eigenvalue weighted by atomic mass is 16.2. The molecule has 0 spiro atoms. The molecule has 0 aromatic heterocycles. The minimum absolute atomic E-state index is 0.103. The van der Waals surface area contributed by atoms with Crippen molar-refractivity contribution in [3.05, 3.63) is 94.7 Å². The lowest BCUT2D eigenvalue weighted by Crippen LogP contribution is -2.23. The van der Waals surface area contributed by atoms with E-state index in [2.05, 4.69) is 64.1 Å². The van der Waals surface area contributed by atoms with Crippen molar-refractivity contribution in [1.29, 1.82) is 0 Å². The van der Waals surface area contributed by atoms with Crippen LogP contribution in [0, 0.1) is 0 Å². The van der Waals surface area contributed by atoms with E-state index in [1.807, 2.05) is 19.1 Å². The van der Waals surface area contributed by atoms with Gasteiger partial charge >= 0.3 is 0 Å². The van der Waals surface area contributed by atoms with Gasteiger partial charge in [-0.1, -0.05) is 36.4 Å². The topological polar surface area (TPSA) is 70.4 Å². The Morgan fingerprint density at radius 1 is 1.16 bits per heavy atom. The van der Waals surface area contributed by atoms with E-state index >= 15 is 0 Å². The number of amides is 1. The van der Waals surface area contributed by atoms with Gasteiger partial charge in [0.15, 0.2) is 0 Å². The minimum atomic E-state index is -0.103. The molecule has 0 radical (unpaired) electrons. The van der Waals surface area contributed by atoms with Crippen molar-refractivity contribution >= 4 is 28.5 Å². The van der Waals surface area contributed by atoms with Gasteiger partial charge < -0.3 is 16.4 Å². The molecule has 0 saturated carbocycles. The van der Waals surface area contributed by atoms with Crippen LogP contribution in [0.4, 0.5) is 17.1 Å². The van der Waals surface area contributed by atoms with Gasteiger partial charge in [0.2, 0.25) is 0 Å². The average Bonchev–Trinajstić information content (AvgIpc) is 2.98. The summed E-state index contributed by atoms with van der Waals surface area (Å²) in [4.78, 5) is 15.0. The van der Waals surface area contributed by atoms with Gasteiger partial charge in [-0.25, -0.2) is 0 Å². The summed E-state index contributed by atoms with van der Waals surface area (Å²) in [6.45, 7) is 4.92. The first kappa shape index (κ1) is 20.3. The zero-order valence-electron chi connectivity index (χ0n) is 18.3. The van der Waals surface area contributed by atoms with Crippen LogP contribution in [0.15, 0.2) is 83.6 Å². The van der Waals surface area contributed by atoms with Crippen LogP contribution in [0.5, 0.6) is 0 Å². The summed E-state index contributed by atoms with van der Waals surface area (Å²) in [5.41, 5.74) is 14.9. The second kappa shape index (κ2) is 8.52. The van der Waals surface area contributed by atoms with Crippen LogP contribution in [0.3, 0.4) is 0 Å². The number of nitrogens with zero attached hydrogens (tertiary/aromatic N) is 1. The smallest absolute Gasteiger partial charge is 0.258 e. The molecule has 2 heterocycles. The Labute approximate surface area is 189 Å². The molecule has 5 nitrogen and oxygen atoms in total. The van der Waals surface area contributed by atoms with Crippen molar-refractivity contribution in [2.45, 2.75) is 26.3 Å². The number of hydrogen-bond acceptors (Lipinski definition) is 4. The first-order valence-corrected chi connectivity index (χ1v) is 11.1. The quantitative estimate of drug-likeness (QED) is 0.473. The average molecular weight is 425 g/mol. The van der Waals surface area contributed by atoms with Gasteiger partial charge in [0.05, 0.1) is 5.57 Å². The largest absolute Gasteiger partial charge is 0.399 e. The molecule has 1 amide bonds. The zero-order chi connectivity index (χ0) is 22.1. The van der Waals surface area contributed by atoms with Gasteiger partial charge in [0.1, 0.15) is 0 Å². The van der Waals surface area contributed by atoms with Gasteiger partial charge in [0, 0.05) is 48.0 Å². The maximum Gasteiger partial charge on any atom is 0.258 e. The summed E-state index contributed by atoms with van der Waals surface area (Å²) >= 11 is 0. The molecule has 1 aliphatic carbocycles. The van der Waals surface area contributed by atoms with E-state index in [0.717, 1.165) is 55.1 Å². The SMILES string of the molecule is C/C(Nc1ccc(CN2CC=C3CC=CC=C3CC2)cc1)=C1/C(=O)Nc2ccc(N)cc21. The van der Waals surface area contributed by atoms with E-state index in [9.17, 15) is 4.79 Å². The molecule has 0 fully saturated rings. The van der Waals surface area contributed by atoms with E-state index < -0.39 is 0 Å². The lowest BCUT2D eigenvalue weighted by Gasteiger charge is -2.19. The maximum atomic E-state index is 12.5. The highest BCUT2D eigenvalue weighted by molar-refractivity contribution is 6.32. The summed E-state index contributed by atoms with van der Waals surface area (Å²) in [7, 11) is 0. The molecule has 0 bridgehead atoms. The number of anilines is 3. The molecule has 5 rings (SSSR count). The monoisotopic (exact) mass is 424 g/mol. The summed E-state index contributed by atoms with van der Waals surface area (Å²) < 4.78 is 0. The number of carbonyl (C=O) groups excluding carboxylic acids is 1. The molecule has 4 N–H and O–H groups in total. The molecule has 162 valence electrons. The van der Waals surface area contributed by atoms with Gasteiger partial charge in [-0.2, -0.15) is 0 Å². The van der Waals surface area contributed by atoms with Crippen molar-refractivity contribution in [3.8, 4) is 0 Å². The third kappa shape index (κ3) is 4.12. The molecule has 5 heteroatoms. The van der Waals surface area contributed by atoms with Gasteiger partial charge in [-0.15, -0.1) is 0 Å². The normalized spacial score (nSPS) is 19.3. The fraction of sp³-hybridized carbons (Fsp3) is 0.222. The van der Waals surface area contributed by atoms with Crippen molar-refractivity contribution in [3.63, 3.8) is 0 Å². The Bertz CT molecular complexity index is 1180. The van der Waals surface area contributed by atoms with Crippen LogP contribution < -0.4 is 16.4 Å². The van der Waals surface area contributed by atoms with Crippen LogP contribution in [-0.4, -0.2) is 23.9 Å². The highest BCUT2D eigenvalue weighted by Crippen LogP contribution is 2.35. The number of hydrogen-bond donors (Lipinski definition) is 3. The minimum Gasteiger partial charge on any atom is -0.399 e. The fourth-order valence-corrected chi connectivity index (χ4v) is 4.62. The van der Waals surface area contributed by atoms with Crippen LogP contribution >= 0.6 is 0 Å². The van der Waals surface area contributed by atoms with Gasteiger partial charge in [-0.05, 0) is 66.8 Å². The predicted octanol–water partition coefficient (Wildman–Crippen LogP) is 5.08. The second-order valence-electron chi connectivity index (χ2n) is 8.62. The number of nitrogen functional groups attached to an aromatic ring is 1. The molecule has 0 atom stereocenters. The molecule has 2 aromatic carbocycles. The van der Waals surface area contributed by atoms with Crippen LogP contribution in [0.25, 0.3) is 5.57 Å². The fourth-order valence-electron chi connectivity index (χ4n) is 4.62. The zero-order valence-corrected chi connectivity index (χ0v) is 18.3. The predicted molar refractivity (Wildman–Crippen MR) is 132 cm³/mol. The lowest BCUT2D eigenvalue weighted by molar-refractivity contribution is -0.110. The lowest BCUT2D eigenvalue weighted by atomic mass is 9.96. The van der Waals surface area contributed by atoms with Crippen molar-refractivity contribution in [2.24, 2.45) is 0 Å². The number of carbonyl (C=O) groups is 1. The third-order valence-corrected chi connectivity index (χ3v) is 6.33. The Morgan fingerprint density at radius 3 is 2.84 bits per heavy atom. The van der Waals surface area contributed by atoms with E-state index in [-0.39, 0.29) is 5.91 Å². The Morgan fingerprint density at radius 2 is 2.00 bits per heavy atom. The summed E-state index contributed by atoms with van der Waals surface area (Å²) in [6, 6.07) is 14.0.